The molecule has 1 fully saturated rings. The number of amides is 1. The van der Waals surface area contributed by atoms with Crippen molar-refractivity contribution in [2.24, 2.45) is 5.73 Å². The maximum atomic E-state index is 12.0. The van der Waals surface area contributed by atoms with Gasteiger partial charge in [-0.25, -0.2) is 0 Å². The van der Waals surface area contributed by atoms with Crippen molar-refractivity contribution in [3.8, 4) is 0 Å². The zero-order valence-electron chi connectivity index (χ0n) is 12.7. The van der Waals surface area contributed by atoms with Gasteiger partial charge < -0.3 is 15.4 Å². The van der Waals surface area contributed by atoms with Gasteiger partial charge in [-0.3, -0.25) is 9.69 Å². The maximum Gasteiger partial charge on any atom is 0.222 e. The van der Waals surface area contributed by atoms with Crippen LogP contribution in [0.4, 0.5) is 0 Å². The minimum Gasteiger partial charge on any atom is -0.382 e. The lowest BCUT2D eigenvalue weighted by Gasteiger charge is -2.43. The van der Waals surface area contributed by atoms with Crippen LogP contribution in [0.2, 0.25) is 0 Å². The summed E-state index contributed by atoms with van der Waals surface area (Å²) in [7, 11) is 0. The number of hydrogen-bond donors (Lipinski definition) is 1. The van der Waals surface area contributed by atoms with Crippen LogP contribution in [0.1, 0.15) is 33.6 Å². The van der Waals surface area contributed by atoms with E-state index >= 15 is 0 Å². The Balaban J connectivity index is 2.27. The molecule has 0 aromatic carbocycles. The highest BCUT2D eigenvalue weighted by Gasteiger charge is 2.29. The molecule has 1 amide bonds. The summed E-state index contributed by atoms with van der Waals surface area (Å²) in [6, 6.07) is 0. The highest BCUT2D eigenvalue weighted by molar-refractivity contribution is 5.76. The van der Waals surface area contributed by atoms with Crippen LogP contribution in [0.15, 0.2) is 0 Å². The number of rotatable bonds is 7. The second-order valence-electron chi connectivity index (χ2n) is 5.68. The molecular weight excluding hydrogens is 242 g/mol. The molecule has 0 bridgehead atoms. The molecule has 5 heteroatoms. The van der Waals surface area contributed by atoms with E-state index in [1.807, 2.05) is 11.8 Å². The first-order valence-electron chi connectivity index (χ1n) is 7.32. The second-order valence-corrected chi connectivity index (χ2v) is 5.68. The van der Waals surface area contributed by atoms with Gasteiger partial charge in [0.05, 0.1) is 0 Å². The molecule has 19 heavy (non-hydrogen) atoms. The lowest BCUT2D eigenvalue weighted by atomic mass is 10.0. The fraction of sp³-hybridized carbons (Fsp3) is 0.929. The Hall–Kier alpha value is -0.650. The van der Waals surface area contributed by atoms with Crippen molar-refractivity contribution in [3.05, 3.63) is 0 Å². The van der Waals surface area contributed by atoms with Crippen LogP contribution in [0.3, 0.4) is 0 Å². The summed E-state index contributed by atoms with van der Waals surface area (Å²) in [5, 5.41) is 0. The Labute approximate surface area is 117 Å². The first-order valence-corrected chi connectivity index (χ1v) is 7.32. The third kappa shape index (κ3) is 5.09. The van der Waals surface area contributed by atoms with Crippen molar-refractivity contribution in [1.82, 2.24) is 9.80 Å². The number of ether oxygens (including phenoxy) is 1. The van der Waals surface area contributed by atoms with E-state index in [9.17, 15) is 4.79 Å². The molecule has 1 aliphatic rings. The van der Waals surface area contributed by atoms with E-state index in [2.05, 4.69) is 18.7 Å². The molecule has 0 aliphatic carbocycles. The Morgan fingerprint density at radius 3 is 2.42 bits per heavy atom. The van der Waals surface area contributed by atoms with Crippen molar-refractivity contribution in [2.75, 3.05) is 45.9 Å². The van der Waals surface area contributed by atoms with Gasteiger partial charge in [0.1, 0.15) is 0 Å². The van der Waals surface area contributed by atoms with Crippen LogP contribution in [0.25, 0.3) is 0 Å². The Bertz CT molecular complexity index is 274. The molecule has 112 valence electrons. The number of nitrogens with two attached hydrogens (primary N) is 1. The number of nitrogens with zero attached hydrogens (tertiary/aromatic N) is 2. The molecule has 0 aromatic heterocycles. The molecule has 1 rings (SSSR count). The largest absolute Gasteiger partial charge is 0.382 e. The molecular formula is C14H29N3O2. The lowest BCUT2D eigenvalue weighted by Crippen LogP contribution is -2.58. The Morgan fingerprint density at radius 1 is 1.26 bits per heavy atom. The molecule has 5 nitrogen and oxygen atoms in total. The van der Waals surface area contributed by atoms with Crippen LogP contribution < -0.4 is 5.73 Å². The maximum absolute atomic E-state index is 12.0. The van der Waals surface area contributed by atoms with Gasteiger partial charge in [-0.2, -0.15) is 0 Å². The Morgan fingerprint density at radius 2 is 1.89 bits per heavy atom. The Kier molecular flexibility index (Phi) is 6.75. The van der Waals surface area contributed by atoms with E-state index in [1.165, 1.54) is 0 Å². The van der Waals surface area contributed by atoms with E-state index in [1.54, 1.807) is 0 Å². The molecule has 0 aromatic rings. The molecule has 1 aliphatic heterocycles. The molecule has 0 atom stereocenters. The zero-order chi connectivity index (χ0) is 14.3. The van der Waals surface area contributed by atoms with Crippen LogP contribution in [-0.2, 0) is 9.53 Å². The second kappa shape index (κ2) is 7.82. The SMILES string of the molecule is CCOCCCC(=O)N1CCN(C(C)(C)CN)CC1. The van der Waals surface area contributed by atoms with Gasteiger partial charge in [-0.15, -0.1) is 0 Å². The molecule has 2 N–H and O–H groups in total. The molecule has 0 saturated carbocycles. The van der Waals surface area contributed by atoms with Gasteiger partial charge in [0.15, 0.2) is 0 Å². The minimum absolute atomic E-state index is 0.0318. The molecule has 1 saturated heterocycles. The van der Waals surface area contributed by atoms with Crippen LogP contribution in [-0.4, -0.2) is 67.2 Å². The van der Waals surface area contributed by atoms with Crippen LogP contribution in [0.5, 0.6) is 0 Å². The van der Waals surface area contributed by atoms with Crippen molar-refractivity contribution in [2.45, 2.75) is 39.2 Å². The zero-order valence-corrected chi connectivity index (χ0v) is 12.7. The summed E-state index contributed by atoms with van der Waals surface area (Å²) >= 11 is 0. The van der Waals surface area contributed by atoms with Crippen molar-refractivity contribution in [1.29, 1.82) is 0 Å². The minimum atomic E-state index is 0.0318. The number of carbonyl (C=O) groups is 1. The fourth-order valence-electron chi connectivity index (χ4n) is 2.32. The van der Waals surface area contributed by atoms with Crippen molar-refractivity contribution < 1.29 is 9.53 Å². The van der Waals surface area contributed by atoms with E-state index in [-0.39, 0.29) is 11.4 Å². The summed E-state index contributed by atoms with van der Waals surface area (Å²) in [6.07, 6.45) is 1.42. The molecule has 1 heterocycles. The van der Waals surface area contributed by atoms with Crippen LogP contribution in [0, 0.1) is 0 Å². The summed E-state index contributed by atoms with van der Waals surface area (Å²) in [5.41, 5.74) is 5.82. The van der Waals surface area contributed by atoms with Crippen molar-refractivity contribution in [3.63, 3.8) is 0 Å². The van der Waals surface area contributed by atoms with Gasteiger partial charge >= 0.3 is 0 Å². The average molecular weight is 271 g/mol. The summed E-state index contributed by atoms with van der Waals surface area (Å²) < 4.78 is 5.25. The van der Waals surface area contributed by atoms with Crippen LogP contribution >= 0.6 is 0 Å². The lowest BCUT2D eigenvalue weighted by molar-refractivity contribution is -0.134. The normalized spacial score (nSPS) is 17.8. The van der Waals surface area contributed by atoms with Gasteiger partial charge in [0.2, 0.25) is 5.91 Å². The first kappa shape index (κ1) is 16.4. The quantitative estimate of drug-likeness (QED) is 0.692. The highest BCUT2D eigenvalue weighted by Crippen LogP contribution is 2.16. The third-order valence-corrected chi connectivity index (χ3v) is 3.87. The summed E-state index contributed by atoms with van der Waals surface area (Å²) in [6.45, 7) is 11.8. The van der Waals surface area contributed by atoms with E-state index in [0.29, 0.717) is 19.6 Å². The summed E-state index contributed by atoms with van der Waals surface area (Å²) in [4.78, 5) is 16.4. The van der Waals surface area contributed by atoms with E-state index < -0.39 is 0 Å². The molecule has 0 spiro atoms. The van der Waals surface area contributed by atoms with Gasteiger partial charge in [-0.1, -0.05) is 0 Å². The average Bonchev–Trinajstić information content (AvgIpc) is 2.43. The van der Waals surface area contributed by atoms with Gasteiger partial charge in [0.25, 0.3) is 0 Å². The number of hydrogen-bond acceptors (Lipinski definition) is 4. The fourth-order valence-corrected chi connectivity index (χ4v) is 2.32. The third-order valence-electron chi connectivity index (χ3n) is 3.87. The molecule has 0 radical (unpaired) electrons. The predicted molar refractivity (Wildman–Crippen MR) is 77.0 cm³/mol. The molecule has 0 unspecified atom stereocenters. The topological polar surface area (TPSA) is 58.8 Å². The highest BCUT2D eigenvalue weighted by atomic mass is 16.5. The van der Waals surface area contributed by atoms with E-state index in [4.69, 9.17) is 10.5 Å². The first-order chi connectivity index (χ1) is 9.01. The van der Waals surface area contributed by atoms with E-state index in [0.717, 1.165) is 39.2 Å². The number of piperazine rings is 1. The summed E-state index contributed by atoms with van der Waals surface area (Å²) in [5.74, 6) is 0.255. The van der Waals surface area contributed by atoms with Crippen molar-refractivity contribution >= 4 is 5.91 Å². The smallest absolute Gasteiger partial charge is 0.222 e. The predicted octanol–water partition coefficient (Wildman–Crippen LogP) is 0.685. The van der Waals surface area contributed by atoms with Gasteiger partial charge in [0, 0.05) is 57.9 Å². The standard InChI is InChI=1S/C14H29N3O2/c1-4-19-11-5-6-13(18)16-7-9-17(10-8-16)14(2,3)12-15/h4-12,15H2,1-3H3. The van der Waals surface area contributed by atoms with Gasteiger partial charge in [-0.05, 0) is 27.2 Å². The monoisotopic (exact) mass is 271 g/mol. The number of carbonyl (C=O) groups excluding carboxylic acids is 1.